The average molecular weight is 207 g/mol. The Morgan fingerprint density at radius 3 is 3.07 bits per heavy atom. The van der Waals surface area contributed by atoms with Gasteiger partial charge in [0.1, 0.15) is 5.52 Å². The van der Waals surface area contributed by atoms with Gasteiger partial charge in [0.25, 0.3) is 0 Å². The molecule has 15 heavy (non-hydrogen) atoms. The van der Waals surface area contributed by atoms with Crippen molar-refractivity contribution in [2.45, 2.75) is 13.0 Å². The van der Waals surface area contributed by atoms with Gasteiger partial charge in [0.15, 0.2) is 5.65 Å². The number of aryl methyl sites for hydroxylation is 1. The number of anilines is 1. The molecule has 0 unspecified atom stereocenters. The maximum absolute atomic E-state index is 10.4. The molecule has 0 bridgehead atoms. The number of nitrogens with zero attached hydrogens (tertiary/aromatic N) is 4. The molecule has 2 aromatic rings. The predicted molar refractivity (Wildman–Crippen MR) is 52.0 cm³/mol. The first-order chi connectivity index (χ1) is 7.16. The van der Waals surface area contributed by atoms with E-state index in [1.165, 1.54) is 12.5 Å². The zero-order chi connectivity index (χ0) is 10.8. The lowest BCUT2D eigenvalue weighted by atomic mass is 10.4. The van der Waals surface area contributed by atoms with Gasteiger partial charge in [0.2, 0.25) is 5.95 Å². The van der Waals surface area contributed by atoms with E-state index in [1.807, 2.05) is 0 Å². The third kappa shape index (κ3) is 1.85. The Balaban J connectivity index is 2.35. The summed E-state index contributed by atoms with van der Waals surface area (Å²) in [6.07, 6.45) is 3.06. The molecule has 0 atom stereocenters. The van der Waals surface area contributed by atoms with E-state index in [0.29, 0.717) is 17.7 Å². The number of fused-ring (bicyclic) bond motifs is 1. The summed E-state index contributed by atoms with van der Waals surface area (Å²) in [6, 6.07) is 0. The van der Waals surface area contributed by atoms with E-state index in [4.69, 9.17) is 10.8 Å². The van der Waals surface area contributed by atoms with Crippen LogP contribution >= 0.6 is 0 Å². The molecule has 78 valence electrons. The second kappa shape index (κ2) is 3.52. The highest BCUT2D eigenvalue weighted by molar-refractivity contribution is 5.71. The maximum atomic E-state index is 10.4. The van der Waals surface area contributed by atoms with Crippen molar-refractivity contribution in [2.24, 2.45) is 0 Å². The quantitative estimate of drug-likeness (QED) is 0.726. The van der Waals surface area contributed by atoms with E-state index in [0.717, 1.165) is 0 Å². The number of aliphatic carboxylic acids is 1. The fourth-order valence-electron chi connectivity index (χ4n) is 1.25. The summed E-state index contributed by atoms with van der Waals surface area (Å²) in [4.78, 5) is 22.2. The number of aromatic nitrogens is 4. The van der Waals surface area contributed by atoms with Crippen molar-refractivity contribution in [1.82, 2.24) is 19.5 Å². The van der Waals surface area contributed by atoms with Crippen LogP contribution in [-0.4, -0.2) is 30.6 Å². The van der Waals surface area contributed by atoms with Crippen molar-refractivity contribution in [1.29, 1.82) is 0 Å². The topological polar surface area (TPSA) is 107 Å². The van der Waals surface area contributed by atoms with Crippen molar-refractivity contribution in [3.05, 3.63) is 12.5 Å². The monoisotopic (exact) mass is 207 g/mol. The molecule has 2 rings (SSSR count). The van der Waals surface area contributed by atoms with Crippen LogP contribution in [0.2, 0.25) is 0 Å². The van der Waals surface area contributed by atoms with Crippen LogP contribution in [0, 0.1) is 0 Å². The molecule has 0 aliphatic carbocycles. The lowest BCUT2D eigenvalue weighted by Crippen LogP contribution is -2.05. The highest BCUT2D eigenvalue weighted by Crippen LogP contribution is 2.10. The first-order valence-electron chi connectivity index (χ1n) is 4.32. The van der Waals surface area contributed by atoms with E-state index in [9.17, 15) is 4.79 Å². The van der Waals surface area contributed by atoms with E-state index in [2.05, 4.69) is 15.0 Å². The van der Waals surface area contributed by atoms with E-state index >= 15 is 0 Å². The third-order valence-corrected chi connectivity index (χ3v) is 1.94. The first kappa shape index (κ1) is 9.38. The smallest absolute Gasteiger partial charge is 0.305 e. The van der Waals surface area contributed by atoms with Crippen molar-refractivity contribution in [3.63, 3.8) is 0 Å². The van der Waals surface area contributed by atoms with Gasteiger partial charge >= 0.3 is 5.97 Å². The zero-order valence-corrected chi connectivity index (χ0v) is 7.79. The van der Waals surface area contributed by atoms with Crippen LogP contribution in [0.15, 0.2) is 12.5 Å². The van der Waals surface area contributed by atoms with Crippen LogP contribution in [0.1, 0.15) is 6.42 Å². The summed E-state index contributed by atoms with van der Waals surface area (Å²) in [5.41, 5.74) is 6.59. The SMILES string of the molecule is Nc1ncc2ncn(CCC(=O)O)c2n1. The molecule has 0 radical (unpaired) electrons. The maximum Gasteiger partial charge on any atom is 0.305 e. The van der Waals surface area contributed by atoms with Crippen molar-refractivity contribution < 1.29 is 9.90 Å². The Morgan fingerprint density at radius 1 is 1.53 bits per heavy atom. The Labute approximate surface area is 84.6 Å². The average Bonchev–Trinajstić information content (AvgIpc) is 2.57. The summed E-state index contributed by atoms with van der Waals surface area (Å²) in [6.45, 7) is 0.322. The van der Waals surface area contributed by atoms with Crippen LogP contribution in [0.3, 0.4) is 0 Å². The number of carboxylic acids is 1. The second-order valence-electron chi connectivity index (χ2n) is 3.02. The molecule has 0 aromatic carbocycles. The van der Waals surface area contributed by atoms with Gasteiger partial charge in [0, 0.05) is 6.54 Å². The van der Waals surface area contributed by atoms with Gasteiger partial charge in [-0.15, -0.1) is 0 Å². The summed E-state index contributed by atoms with van der Waals surface area (Å²) in [5, 5.41) is 8.55. The van der Waals surface area contributed by atoms with Gasteiger partial charge in [-0.25, -0.2) is 9.97 Å². The molecular weight excluding hydrogens is 198 g/mol. The summed E-state index contributed by atoms with van der Waals surface area (Å²) in [7, 11) is 0. The molecule has 0 spiro atoms. The van der Waals surface area contributed by atoms with Crippen LogP contribution < -0.4 is 5.73 Å². The molecule has 0 amide bonds. The number of hydrogen-bond acceptors (Lipinski definition) is 5. The van der Waals surface area contributed by atoms with Gasteiger partial charge in [-0.3, -0.25) is 4.79 Å². The Bertz CT molecular complexity index is 507. The second-order valence-corrected chi connectivity index (χ2v) is 3.02. The molecule has 0 saturated heterocycles. The summed E-state index contributed by atoms with van der Waals surface area (Å²) in [5.74, 6) is -0.710. The minimum Gasteiger partial charge on any atom is -0.481 e. The van der Waals surface area contributed by atoms with Gasteiger partial charge in [-0.2, -0.15) is 4.98 Å². The molecule has 3 N–H and O–H groups in total. The lowest BCUT2D eigenvalue weighted by molar-refractivity contribution is -0.137. The molecule has 7 nitrogen and oxygen atoms in total. The van der Waals surface area contributed by atoms with E-state index < -0.39 is 5.97 Å². The van der Waals surface area contributed by atoms with Gasteiger partial charge in [-0.1, -0.05) is 0 Å². The number of imidazole rings is 1. The van der Waals surface area contributed by atoms with Gasteiger partial charge < -0.3 is 15.4 Å². The highest BCUT2D eigenvalue weighted by Gasteiger charge is 2.06. The molecule has 0 fully saturated rings. The number of rotatable bonds is 3. The normalized spacial score (nSPS) is 10.7. The van der Waals surface area contributed by atoms with E-state index in [-0.39, 0.29) is 12.4 Å². The molecule has 0 saturated carbocycles. The first-order valence-corrected chi connectivity index (χ1v) is 4.32. The number of nitrogens with two attached hydrogens (primary N) is 1. The summed E-state index contributed by atoms with van der Waals surface area (Å²) >= 11 is 0. The fourth-order valence-corrected chi connectivity index (χ4v) is 1.25. The predicted octanol–water partition coefficient (Wildman–Crippen LogP) is -0.117. The van der Waals surface area contributed by atoms with Crippen LogP contribution in [-0.2, 0) is 11.3 Å². The van der Waals surface area contributed by atoms with Gasteiger partial charge in [-0.05, 0) is 0 Å². The van der Waals surface area contributed by atoms with Crippen LogP contribution in [0.25, 0.3) is 11.2 Å². The van der Waals surface area contributed by atoms with Crippen molar-refractivity contribution in [2.75, 3.05) is 5.73 Å². The molecule has 0 aliphatic rings. The number of carbonyl (C=O) groups is 1. The molecule has 7 heteroatoms. The lowest BCUT2D eigenvalue weighted by Gasteiger charge is -2.00. The largest absolute Gasteiger partial charge is 0.481 e. The third-order valence-electron chi connectivity index (χ3n) is 1.94. The van der Waals surface area contributed by atoms with Crippen LogP contribution in [0.4, 0.5) is 5.95 Å². The Kier molecular flexibility index (Phi) is 2.20. The Morgan fingerprint density at radius 2 is 2.33 bits per heavy atom. The molecule has 2 aromatic heterocycles. The molecule has 0 aliphatic heterocycles. The number of hydrogen-bond donors (Lipinski definition) is 2. The van der Waals surface area contributed by atoms with Gasteiger partial charge in [0.05, 0.1) is 18.9 Å². The summed E-state index contributed by atoms with van der Waals surface area (Å²) < 4.78 is 1.64. The minimum atomic E-state index is -0.862. The van der Waals surface area contributed by atoms with Crippen LogP contribution in [0.5, 0.6) is 0 Å². The highest BCUT2D eigenvalue weighted by atomic mass is 16.4. The van der Waals surface area contributed by atoms with E-state index in [1.54, 1.807) is 4.57 Å². The number of carboxylic acid groups (broad SMARTS) is 1. The minimum absolute atomic E-state index is 0.0232. The van der Waals surface area contributed by atoms with Crippen molar-refractivity contribution in [3.8, 4) is 0 Å². The Hall–Kier alpha value is -2.18. The fraction of sp³-hybridized carbons (Fsp3) is 0.250. The standard InChI is InChI=1S/C8H9N5O2/c9-8-10-3-5-7(12-8)13(4-11-5)2-1-6(14)15/h3-4H,1-2H2,(H,14,15)(H2,9,10,12). The molecule has 2 heterocycles. The van der Waals surface area contributed by atoms with Crippen molar-refractivity contribution >= 4 is 23.1 Å². The number of nitrogen functional groups attached to an aromatic ring is 1. The zero-order valence-electron chi connectivity index (χ0n) is 7.79. The molecular formula is C8H9N5O2.